The molecule has 0 aromatic heterocycles. The highest BCUT2D eigenvalue weighted by Gasteiger charge is 2.12. The Labute approximate surface area is 79.7 Å². The predicted octanol–water partition coefficient (Wildman–Crippen LogP) is 2.96. The van der Waals surface area contributed by atoms with Crippen molar-refractivity contribution in [2.45, 2.75) is 32.6 Å². The van der Waals surface area contributed by atoms with Gasteiger partial charge in [-0.15, -0.1) is 0 Å². The molecule has 0 saturated heterocycles. The van der Waals surface area contributed by atoms with Gasteiger partial charge in [-0.1, -0.05) is 12.1 Å². The summed E-state index contributed by atoms with van der Waals surface area (Å²) < 4.78 is 5.60. The first-order valence-electron chi connectivity index (χ1n) is 5.15. The van der Waals surface area contributed by atoms with Crippen LogP contribution >= 0.6 is 0 Å². The summed E-state index contributed by atoms with van der Waals surface area (Å²) in [4.78, 5) is 0. The molecule has 1 heteroatoms. The lowest BCUT2D eigenvalue weighted by atomic mass is 9.91. The summed E-state index contributed by atoms with van der Waals surface area (Å²) in [5.41, 5.74) is 2.95. The van der Waals surface area contributed by atoms with Crippen molar-refractivity contribution in [2.75, 3.05) is 6.61 Å². The molecule has 0 unspecified atom stereocenters. The van der Waals surface area contributed by atoms with Crippen molar-refractivity contribution in [3.8, 4) is 5.75 Å². The fraction of sp³-hybridized carbons (Fsp3) is 0.500. The molecule has 1 aliphatic rings. The maximum Gasteiger partial charge on any atom is 0.122 e. The van der Waals surface area contributed by atoms with E-state index in [0.29, 0.717) is 0 Å². The van der Waals surface area contributed by atoms with Gasteiger partial charge < -0.3 is 4.74 Å². The number of rotatable bonds is 2. The van der Waals surface area contributed by atoms with E-state index in [4.69, 9.17) is 4.74 Å². The van der Waals surface area contributed by atoms with Crippen LogP contribution in [0.15, 0.2) is 18.2 Å². The Bertz CT molecular complexity index is 291. The molecule has 1 aromatic rings. The third kappa shape index (κ3) is 1.69. The van der Waals surface area contributed by atoms with E-state index in [1.54, 1.807) is 0 Å². The minimum atomic E-state index is 0.774. The van der Waals surface area contributed by atoms with Crippen LogP contribution in [0.1, 0.15) is 30.9 Å². The van der Waals surface area contributed by atoms with Crippen LogP contribution in [0.4, 0.5) is 0 Å². The fourth-order valence-corrected chi connectivity index (χ4v) is 2.04. The Morgan fingerprint density at radius 3 is 2.92 bits per heavy atom. The van der Waals surface area contributed by atoms with E-state index in [-0.39, 0.29) is 0 Å². The first-order valence-corrected chi connectivity index (χ1v) is 5.15. The highest BCUT2D eigenvalue weighted by molar-refractivity contribution is 5.41. The summed E-state index contributed by atoms with van der Waals surface area (Å²) in [5, 5.41) is 0. The largest absolute Gasteiger partial charge is 0.494 e. The third-order valence-corrected chi connectivity index (χ3v) is 2.65. The molecular weight excluding hydrogens is 160 g/mol. The van der Waals surface area contributed by atoms with Crippen molar-refractivity contribution in [3.05, 3.63) is 29.3 Å². The van der Waals surface area contributed by atoms with E-state index in [9.17, 15) is 0 Å². The zero-order chi connectivity index (χ0) is 9.10. The van der Waals surface area contributed by atoms with Gasteiger partial charge >= 0.3 is 0 Å². The van der Waals surface area contributed by atoms with Gasteiger partial charge in [0.25, 0.3) is 0 Å². The number of hydrogen-bond donors (Lipinski definition) is 0. The van der Waals surface area contributed by atoms with E-state index in [1.807, 2.05) is 6.92 Å². The van der Waals surface area contributed by atoms with Crippen molar-refractivity contribution in [2.24, 2.45) is 0 Å². The Morgan fingerprint density at radius 2 is 2.08 bits per heavy atom. The molecule has 0 heterocycles. The average molecular weight is 176 g/mol. The number of aryl methyl sites for hydroxylation is 1. The van der Waals surface area contributed by atoms with Gasteiger partial charge in [-0.25, -0.2) is 0 Å². The lowest BCUT2D eigenvalue weighted by Crippen LogP contribution is -2.05. The Morgan fingerprint density at radius 1 is 1.23 bits per heavy atom. The molecule has 0 bridgehead atoms. The lowest BCUT2D eigenvalue weighted by Gasteiger charge is -2.18. The molecule has 0 N–H and O–H groups in total. The summed E-state index contributed by atoms with van der Waals surface area (Å²) in [5.74, 6) is 1.11. The molecule has 0 aliphatic heterocycles. The molecule has 1 aliphatic carbocycles. The number of fused-ring (bicyclic) bond motifs is 1. The second kappa shape index (κ2) is 3.82. The number of hydrogen-bond acceptors (Lipinski definition) is 1. The van der Waals surface area contributed by atoms with Crippen LogP contribution in [-0.4, -0.2) is 6.61 Å². The second-order valence-corrected chi connectivity index (χ2v) is 3.53. The van der Waals surface area contributed by atoms with Gasteiger partial charge in [0, 0.05) is 0 Å². The molecular formula is C12H16O. The molecule has 0 spiro atoms. The summed E-state index contributed by atoms with van der Waals surface area (Å²) in [6, 6.07) is 6.43. The molecule has 1 aromatic carbocycles. The van der Waals surface area contributed by atoms with E-state index in [1.165, 1.54) is 36.8 Å². The van der Waals surface area contributed by atoms with Crippen LogP contribution in [0.5, 0.6) is 5.75 Å². The molecule has 70 valence electrons. The van der Waals surface area contributed by atoms with Gasteiger partial charge in [-0.05, 0) is 49.8 Å². The van der Waals surface area contributed by atoms with E-state index in [2.05, 4.69) is 18.2 Å². The van der Waals surface area contributed by atoms with E-state index >= 15 is 0 Å². The summed E-state index contributed by atoms with van der Waals surface area (Å²) in [6.45, 7) is 2.82. The SMILES string of the molecule is CCOc1cccc2c1CCCC2. The van der Waals surface area contributed by atoms with Crippen LogP contribution in [0.25, 0.3) is 0 Å². The summed E-state index contributed by atoms with van der Waals surface area (Å²) in [7, 11) is 0. The summed E-state index contributed by atoms with van der Waals surface area (Å²) >= 11 is 0. The highest BCUT2D eigenvalue weighted by Crippen LogP contribution is 2.29. The Hall–Kier alpha value is -0.980. The molecule has 2 rings (SSSR count). The lowest BCUT2D eigenvalue weighted by molar-refractivity contribution is 0.334. The maximum absolute atomic E-state index is 5.60. The molecule has 13 heavy (non-hydrogen) atoms. The van der Waals surface area contributed by atoms with Crippen LogP contribution < -0.4 is 4.74 Å². The molecule has 0 fully saturated rings. The minimum absolute atomic E-state index is 0.774. The van der Waals surface area contributed by atoms with E-state index < -0.39 is 0 Å². The first-order chi connectivity index (χ1) is 6.42. The van der Waals surface area contributed by atoms with Gasteiger partial charge in [0.15, 0.2) is 0 Å². The standard InChI is InChI=1S/C12H16O/c1-2-13-12-9-5-7-10-6-3-4-8-11(10)12/h5,7,9H,2-4,6,8H2,1H3. The minimum Gasteiger partial charge on any atom is -0.494 e. The average Bonchev–Trinajstić information content (AvgIpc) is 2.19. The number of ether oxygens (including phenoxy) is 1. The van der Waals surface area contributed by atoms with E-state index in [0.717, 1.165) is 12.4 Å². The molecule has 0 radical (unpaired) electrons. The van der Waals surface area contributed by atoms with Crippen molar-refractivity contribution in [1.82, 2.24) is 0 Å². The quantitative estimate of drug-likeness (QED) is 0.673. The van der Waals surface area contributed by atoms with Crippen LogP contribution in [0.2, 0.25) is 0 Å². The van der Waals surface area contributed by atoms with Crippen LogP contribution in [0.3, 0.4) is 0 Å². The molecule has 0 atom stereocenters. The van der Waals surface area contributed by atoms with Crippen molar-refractivity contribution < 1.29 is 4.74 Å². The Kier molecular flexibility index (Phi) is 2.53. The highest BCUT2D eigenvalue weighted by atomic mass is 16.5. The first kappa shape index (κ1) is 8.61. The zero-order valence-electron chi connectivity index (χ0n) is 8.18. The van der Waals surface area contributed by atoms with Gasteiger partial charge in [-0.3, -0.25) is 0 Å². The third-order valence-electron chi connectivity index (χ3n) is 2.65. The maximum atomic E-state index is 5.60. The van der Waals surface area contributed by atoms with Gasteiger partial charge in [0.2, 0.25) is 0 Å². The van der Waals surface area contributed by atoms with Gasteiger partial charge in [0.1, 0.15) is 5.75 Å². The smallest absolute Gasteiger partial charge is 0.122 e. The van der Waals surface area contributed by atoms with Crippen molar-refractivity contribution >= 4 is 0 Å². The second-order valence-electron chi connectivity index (χ2n) is 3.53. The zero-order valence-corrected chi connectivity index (χ0v) is 8.18. The summed E-state index contributed by atoms with van der Waals surface area (Å²) in [6.07, 6.45) is 5.08. The molecule has 1 nitrogen and oxygen atoms in total. The van der Waals surface area contributed by atoms with Crippen LogP contribution in [0, 0.1) is 0 Å². The predicted molar refractivity (Wildman–Crippen MR) is 54.3 cm³/mol. The molecule has 0 amide bonds. The monoisotopic (exact) mass is 176 g/mol. The Balaban J connectivity index is 2.34. The van der Waals surface area contributed by atoms with Gasteiger partial charge in [0.05, 0.1) is 6.61 Å². The topological polar surface area (TPSA) is 9.23 Å². The van der Waals surface area contributed by atoms with Crippen LogP contribution in [-0.2, 0) is 12.8 Å². The fourth-order valence-electron chi connectivity index (χ4n) is 2.04. The van der Waals surface area contributed by atoms with Crippen molar-refractivity contribution in [3.63, 3.8) is 0 Å². The molecule has 0 saturated carbocycles. The normalized spacial score (nSPS) is 15.2. The number of benzene rings is 1. The van der Waals surface area contributed by atoms with Gasteiger partial charge in [-0.2, -0.15) is 0 Å². The van der Waals surface area contributed by atoms with Crippen molar-refractivity contribution in [1.29, 1.82) is 0 Å².